The summed E-state index contributed by atoms with van der Waals surface area (Å²) in [4.78, 5) is 18.3. The first-order valence-corrected chi connectivity index (χ1v) is 17.6. The van der Waals surface area contributed by atoms with E-state index in [0.717, 1.165) is 78.7 Å². The molecule has 9 rings (SSSR count). The fourth-order valence-electron chi connectivity index (χ4n) is 7.25. The molecule has 9 aromatic rings. The van der Waals surface area contributed by atoms with Crippen LogP contribution in [0.25, 0.3) is 83.0 Å². The number of nitrogens with zero attached hydrogens (tertiary/aromatic N) is 5. The Morgan fingerprint density at radius 3 is 1.49 bits per heavy atom. The van der Waals surface area contributed by atoms with Gasteiger partial charge in [-0.2, -0.15) is 0 Å². The van der Waals surface area contributed by atoms with Gasteiger partial charge in [-0.05, 0) is 123 Å². The first-order chi connectivity index (χ1) is 25.2. The summed E-state index contributed by atoms with van der Waals surface area (Å²) in [6, 6.07) is 43.8. The zero-order valence-electron chi connectivity index (χ0n) is 28.4. The molecule has 244 valence electrons. The topological polar surface area (TPSA) is 56.5 Å². The van der Waals surface area contributed by atoms with Crippen molar-refractivity contribution in [3.05, 3.63) is 164 Å². The van der Waals surface area contributed by atoms with Crippen LogP contribution in [0.1, 0.15) is 25.3 Å². The highest BCUT2D eigenvalue weighted by molar-refractivity contribution is 6.25. The zero-order chi connectivity index (χ0) is 34.1. The predicted molar refractivity (Wildman–Crippen MR) is 210 cm³/mol. The molecule has 4 heterocycles. The highest BCUT2D eigenvalue weighted by Gasteiger charge is 2.21. The highest BCUT2D eigenvalue weighted by atomic mass is 15.1. The number of aryl methyl sites for hydroxylation is 1. The SMILES string of the molecule is CCCCc1ccc(-n2c(-c3ccc(-c4ccncc4)cc3)nc3c4ccc(-c5ccncc5)cc4c4cc(-c5ccncc5)ccc4c32)cc1. The number of imidazole rings is 1. The van der Waals surface area contributed by atoms with Crippen molar-refractivity contribution in [1.29, 1.82) is 0 Å². The Hall–Kier alpha value is -6.46. The van der Waals surface area contributed by atoms with Crippen molar-refractivity contribution < 1.29 is 0 Å². The van der Waals surface area contributed by atoms with Crippen LogP contribution in [-0.4, -0.2) is 24.5 Å². The number of unbranched alkanes of at least 4 members (excludes halogenated alkanes) is 1. The number of hydrogen-bond donors (Lipinski definition) is 0. The molecule has 0 spiro atoms. The van der Waals surface area contributed by atoms with E-state index in [-0.39, 0.29) is 0 Å². The molecule has 0 radical (unpaired) electrons. The van der Waals surface area contributed by atoms with Crippen LogP contribution in [0.15, 0.2) is 159 Å². The van der Waals surface area contributed by atoms with Crippen LogP contribution in [0, 0.1) is 0 Å². The Labute approximate surface area is 297 Å². The summed E-state index contributed by atoms with van der Waals surface area (Å²) in [6.07, 6.45) is 14.5. The van der Waals surface area contributed by atoms with Crippen LogP contribution in [0.2, 0.25) is 0 Å². The largest absolute Gasteiger partial charge is 0.292 e. The molecule has 0 bridgehead atoms. The quantitative estimate of drug-likeness (QED) is 0.153. The second-order valence-electron chi connectivity index (χ2n) is 13.0. The third-order valence-corrected chi connectivity index (χ3v) is 9.91. The van der Waals surface area contributed by atoms with Crippen molar-refractivity contribution in [2.45, 2.75) is 26.2 Å². The normalized spacial score (nSPS) is 11.5. The van der Waals surface area contributed by atoms with E-state index in [1.807, 2.05) is 49.3 Å². The molecular formula is C46H35N5. The number of hydrogen-bond acceptors (Lipinski definition) is 4. The Bertz CT molecular complexity index is 2630. The van der Waals surface area contributed by atoms with E-state index in [9.17, 15) is 0 Å². The molecule has 0 aliphatic rings. The van der Waals surface area contributed by atoms with Crippen molar-refractivity contribution in [1.82, 2.24) is 24.5 Å². The van der Waals surface area contributed by atoms with E-state index in [1.165, 1.54) is 29.2 Å². The summed E-state index contributed by atoms with van der Waals surface area (Å²) < 4.78 is 2.37. The van der Waals surface area contributed by atoms with Crippen LogP contribution >= 0.6 is 0 Å². The molecule has 5 aromatic carbocycles. The fourth-order valence-corrected chi connectivity index (χ4v) is 7.25. The summed E-state index contributed by atoms with van der Waals surface area (Å²) in [5, 5.41) is 4.63. The number of benzene rings is 5. The molecule has 4 aromatic heterocycles. The minimum atomic E-state index is 0.915. The van der Waals surface area contributed by atoms with Gasteiger partial charge in [0.15, 0.2) is 0 Å². The first kappa shape index (κ1) is 30.6. The van der Waals surface area contributed by atoms with Gasteiger partial charge in [0.25, 0.3) is 0 Å². The van der Waals surface area contributed by atoms with Gasteiger partial charge in [-0.25, -0.2) is 4.98 Å². The second-order valence-corrected chi connectivity index (χ2v) is 13.0. The fraction of sp³-hybridized carbons (Fsp3) is 0.0870. The van der Waals surface area contributed by atoms with Crippen LogP contribution in [0.5, 0.6) is 0 Å². The van der Waals surface area contributed by atoms with Crippen molar-refractivity contribution in [2.75, 3.05) is 0 Å². The molecular weight excluding hydrogens is 623 g/mol. The molecule has 0 N–H and O–H groups in total. The third-order valence-electron chi connectivity index (χ3n) is 9.91. The molecule has 51 heavy (non-hydrogen) atoms. The number of pyridine rings is 3. The predicted octanol–water partition coefficient (Wildman–Crippen LogP) is 11.5. The molecule has 5 nitrogen and oxygen atoms in total. The Morgan fingerprint density at radius 1 is 0.451 bits per heavy atom. The van der Waals surface area contributed by atoms with E-state index in [4.69, 9.17) is 4.98 Å². The standard InChI is InChI=1S/C46H35N5/c1-2-3-4-31-5-13-39(14-6-31)51-45-41-16-12-38(35-21-27-49-28-22-35)30-43(41)42-29-37(34-19-25-48-26-20-34)11-15-40(42)44(45)50-46(51)36-9-7-32(8-10-36)33-17-23-47-24-18-33/h5-30H,2-4H2,1H3. The van der Waals surface area contributed by atoms with Crippen LogP contribution in [-0.2, 0) is 6.42 Å². The van der Waals surface area contributed by atoms with Crippen LogP contribution in [0.3, 0.4) is 0 Å². The maximum atomic E-state index is 5.53. The van der Waals surface area contributed by atoms with Gasteiger partial charge in [0, 0.05) is 59.2 Å². The molecule has 0 saturated heterocycles. The Kier molecular flexibility index (Phi) is 7.86. The van der Waals surface area contributed by atoms with Crippen LogP contribution in [0.4, 0.5) is 0 Å². The van der Waals surface area contributed by atoms with Gasteiger partial charge >= 0.3 is 0 Å². The van der Waals surface area contributed by atoms with Crippen molar-refractivity contribution in [3.8, 4) is 50.5 Å². The Balaban J connectivity index is 1.34. The third kappa shape index (κ3) is 5.63. The van der Waals surface area contributed by atoms with E-state index in [2.05, 4.69) is 136 Å². The van der Waals surface area contributed by atoms with E-state index in [0.29, 0.717) is 0 Å². The van der Waals surface area contributed by atoms with Crippen molar-refractivity contribution in [3.63, 3.8) is 0 Å². The lowest BCUT2D eigenvalue weighted by molar-refractivity contribution is 0.795. The zero-order valence-corrected chi connectivity index (χ0v) is 28.4. The molecule has 0 saturated carbocycles. The van der Waals surface area contributed by atoms with Gasteiger partial charge in [0.05, 0.1) is 11.0 Å². The minimum Gasteiger partial charge on any atom is -0.292 e. The lowest BCUT2D eigenvalue weighted by Crippen LogP contribution is -1.99. The number of aromatic nitrogens is 5. The molecule has 5 heteroatoms. The van der Waals surface area contributed by atoms with Gasteiger partial charge in [-0.1, -0.05) is 74.0 Å². The van der Waals surface area contributed by atoms with Crippen LogP contribution < -0.4 is 0 Å². The first-order valence-electron chi connectivity index (χ1n) is 17.6. The Morgan fingerprint density at radius 2 is 0.922 bits per heavy atom. The van der Waals surface area contributed by atoms with Crippen molar-refractivity contribution >= 4 is 32.6 Å². The van der Waals surface area contributed by atoms with E-state index < -0.39 is 0 Å². The molecule has 0 atom stereocenters. The van der Waals surface area contributed by atoms with Gasteiger partial charge in [0.2, 0.25) is 0 Å². The lowest BCUT2D eigenvalue weighted by atomic mass is 9.93. The summed E-state index contributed by atoms with van der Waals surface area (Å²) in [7, 11) is 0. The van der Waals surface area contributed by atoms with Gasteiger partial charge in [0.1, 0.15) is 5.82 Å². The van der Waals surface area contributed by atoms with Gasteiger partial charge in [-0.3, -0.25) is 19.5 Å². The molecule has 0 fully saturated rings. The summed E-state index contributed by atoms with van der Waals surface area (Å²) in [6.45, 7) is 2.24. The molecule has 0 aliphatic carbocycles. The summed E-state index contributed by atoms with van der Waals surface area (Å²) >= 11 is 0. The van der Waals surface area contributed by atoms with Crippen molar-refractivity contribution in [2.24, 2.45) is 0 Å². The molecule has 0 amide bonds. The smallest absolute Gasteiger partial charge is 0.145 e. The highest BCUT2D eigenvalue weighted by Crippen LogP contribution is 2.42. The average molecular weight is 658 g/mol. The lowest BCUT2D eigenvalue weighted by Gasteiger charge is -2.15. The van der Waals surface area contributed by atoms with Gasteiger partial charge < -0.3 is 0 Å². The van der Waals surface area contributed by atoms with E-state index in [1.54, 1.807) is 0 Å². The van der Waals surface area contributed by atoms with Gasteiger partial charge in [-0.15, -0.1) is 0 Å². The molecule has 0 unspecified atom stereocenters. The maximum absolute atomic E-state index is 5.53. The monoisotopic (exact) mass is 657 g/mol. The summed E-state index contributed by atoms with van der Waals surface area (Å²) in [5.74, 6) is 0.915. The minimum absolute atomic E-state index is 0.915. The van der Waals surface area contributed by atoms with E-state index >= 15 is 0 Å². The second kappa shape index (κ2) is 13.1. The number of rotatable bonds is 8. The molecule has 0 aliphatic heterocycles. The summed E-state index contributed by atoms with van der Waals surface area (Å²) in [5.41, 5.74) is 12.4. The maximum Gasteiger partial charge on any atom is 0.145 e. The number of fused-ring (bicyclic) bond motifs is 6. The average Bonchev–Trinajstić information content (AvgIpc) is 3.62.